The number of para-hydroxylation sites is 1. The van der Waals surface area contributed by atoms with Crippen LogP contribution < -0.4 is 10.6 Å². The van der Waals surface area contributed by atoms with Gasteiger partial charge in [-0.25, -0.2) is 31.9 Å². The van der Waals surface area contributed by atoms with E-state index >= 15 is 0 Å². The average Bonchev–Trinajstić information content (AvgIpc) is 2.78. The molecule has 1 saturated heterocycles. The molecule has 3 aromatic rings. The molecule has 0 radical (unpaired) electrons. The Balaban J connectivity index is 2.01. The number of carbonyl (C=O) groups is 1. The summed E-state index contributed by atoms with van der Waals surface area (Å²) < 4.78 is 40.7. The molecular formula is C24H27ClFN5O5S. The van der Waals surface area contributed by atoms with Crippen LogP contribution in [0.3, 0.4) is 0 Å². The lowest BCUT2D eigenvalue weighted by molar-refractivity contribution is 0.0562. The van der Waals surface area contributed by atoms with E-state index in [1.807, 2.05) is 27.7 Å². The van der Waals surface area contributed by atoms with Gasteiger partial charge >= 0.3 is 11.8 Å². The molecule has 4 rings (SSSR count). The molecule has 198 valence electrons. The number of pyridine rings is 1. The van der Waals surface area contributed by atoms with Crippen molar-refractivity contribution in [3.05, 3.63) is 51.8 Å². The Labute approximate surface area is 218 Å². The molecule has 0 saturated carbocycles. The molecule has 37 heavy (non-hydrogen) atoms. The molecule has 1 amide bonds. The van der Waals surface area contributed by atoms with Crippen molar-refractivity contribution in [3.8, 4) is 5.69 Å². The fourth-order valence-corrected chi connectivity index (χ4v) is 6.17. The summed E-state index contributed by atoms with van der Waals surface area (Å²) >= 11 is 6.01. The van der Waals surface area contributed by atoms with E-state index in [0.717, 1.165) is 16.9 Å². The molecule has 10 nitrogen and oxygen atoms in total. The summed E-state index contributed by atoms with van der Waals surface area (Å²) in [6, 6.07) is 6.04. The standard InChI is InChI=1S/C24H27ClFN5O5S/c1-13-18(24(2,3)4)30(23(33)34)11-10-29(13)20-14-12-15(26)19(25)27-21(14)31(22(32)28-20)16-8-6-7-9-17(16)37(5,35)36/h6-9,12-13,18H,10-11H2,1-5H3,(H,33,34)/t13?,18-/m1/s1. The van der Waals surface area contributed by atoms with E-state index in [2.05, 4.69) is 9.97 Å². The third-order valence-corrected chi connectivity index (χ3v) is 7.94. The van der Waals surface area contributed by atoms with Crippen LogP contribution in [0.5, 0.6) is 0 Å². The largest absolute Gasteiger partial charge is 0.465 e. The van der Waals surface area contributed by atoms with E-state index in [1.54, 1.807) is 11.0 Å². The molecule has 13 heteroatoms. The molecule has 1 N–H and O–H groups in total. The molecule has 2 atom stereocenters. The zero-order valence-corrected chi connectivity index (χ0v) is 22.5. The molecular weight excluding hydrogens is 525 g/mol. The summed E-state index contributed by atoms with van der Waals surface area (Å²) in [6.07, 6.45) is -0.0477. The van der Waals surface area contributed by atoms with Gasteiger partial charge in [0.25, 0.3) is 0 Å². The predicted molar refractivity (Wildman–Crippen MR) is 138 cm³/mol. The number of nitrogens with zero attached hydrogens (tertiary/aromatic N) is 5. The van der Waals surface area contributed by atoms with Crippen molar-refractivity contribution in [2.75, 3.05) is 24.2 Å². The number of hydrogen-bond acceptors (Lipinski definition) is 7. The lowest BCUT2D eigenvalue weighted by Gasteiger charge is -2.51. The average molecular weight is 552 g/mol. The number of piperazine rings is 1. The van der Waals surface area contributed by atoms with Crippen LogP contribution in [0.1, 0.15) is 27.7 Å². The van der Waals surface area contributed by atoms with Gasteiger partial charge in [-0.15, -0.1) is 0 Å². The Morgan fingerprint density at radius 1 is 1.19 bits per heavy atom. The van der Waals surface area contributed by atoms with E-state index in [1.165, 1.54) is 23.1 Å². The van der Waals surface area contributed by atoms with Gasteiger partial charge in [0.05, 0.1) is 22.0 Å². The number of sulfone groups is 1. The van der Waals surface area contributed by atoms with Crippen molar-refractivity contribution in [1.29, 1.82) is 0 Å². The molecule has 1 unspecified atom stereocenters. The summed E-state index contributed by atoms with van der Waals surface area (Å²) in [5.74, 6) is -0.731. The highest BCUT2D eigenvalue weighted by Crippen LogP contribution is 2.36. The van der Waals surface area contributed by atoms with Gasteiger partial charge in [-0.05, 0) is 30.5 Å². The second-order valence-electron chi connectivity index (χ2n) is 10.1. The van der Waals surface area contributed by atoms with Crippen LogP contribution in [0.15, 0.2) is 40.0 Å². The highest BCUT2D eigenvalue weighted by molar-refractivity contribution is 7.90. The summed E-state index contributed by atoms with van der Waals surface area (Å²) in [4.78, 5) is 36.8. The maximum absolute atomic E-state index is 14.7. The smallest absolute Gasteiger partial charge is 0.407 e. The first kappa shape index (κ1) is 26.8. The number of carboxylic acid groups (broad SMARTS) is 1. The monoisotopic (exact) mass is 551 g/mol. The third kappa shape index (κ3) is 4.75. The number of benzene rings is 1. The first-order valence-corrected chi connectivity index (χ1v) is 13.7. The number of aromatic nitrogens is 3. The van der Waals surface area contributed by atoms with Gasteiger partial charge in [0.1, 0.15) is 5.82 Å². The lowest BCUT2D eigenvalue weighted by Crippen LogP contribution is -2.64. The van der Waals surface area contributed by atoms with Crippen molar-refractivity contribution >= 4 is 44.4 Å². The Bertz CT molecular complexity index is 1570. The Kier molecular flexibility index (Phi) is 6.70. The molecule has 0 aliphatic carbocycles. The zero-order valence-electron chi connectivity index (χ0n) is 20.9. The molecule has 3 heterocycles. The number of fused-ring (bicyclic) bond motifs is 1. The van der Waals surface area contributed by atoms with Crippen molar-refractivity contribution in [3.63, 3.8) is 0 Å². The molecule has 1 aromatic carbocycles. The summed E-state index contributed by atoms with van der Waals surface area (Å²) in [6.45, 7) is 7.90. The number of halogens is 2. The van der Waals surface area contributed by atoms with Gasteiger partial charge in [0.15, 0.2) is 26.5 Å². The summed E-state index contributed by atoms with van der Waals surface area (Å²) in [7, 11) is -3.76. The molecule has 1 fully saturated rings. The van der Waals surface area contributed by atoms with Crippen molar-refractivity contribution < 1.29 is 22.7 Å². The van der Waals surface area contributed by atoms with Crippen LogP contribution in [0.2, 0.25) is 5.15 Å². The maximum Gasteiger partial charge on any atom is 0.407 e. The van der Waals surface area contributed by atoms with Gasteiger partial charge < -0.3 is 14.9 Å². The van der Waals surface area contributed by atoms with Crippen LogP contribution in [0, 0.1) is 11.2 Å². The SMILES string of the molecule is CC1[C@H](C(C)(C)C)N(C(=O)O)CCN1c1nc(=O)n(-c2ccccc2S(C)(=O)=O)c2nc(Cl)c(F)cc12. The minimum absolute atomic E-state index is 0.00513. The van der Waals surface area contributed by atoms with Crippen LogP contribution >= 0.6 is 11.6 Å². The highest BCUT2D eigenvalue weighted by atomic mass is 35.5. The van der Waals surface area contributed by atoms with Crippen LogP contribution in [-0.4, -0.2) is 70.5 Å². The van der Waals surface area contributed by atoms with Gasteiger partial charge in [-0.3, -0.25) is 0 Å². The minimum atomic E-state index is -3.76. The van der Waals surface area contributed by atoms with E-state index in [9.17, 15) is 27.5 Å². The number of hydrogen-bond donors (Lipinski definition) is 1. The first-order chi connectivity index (χ1) is 17.1. The normalized spacial score (nSPS) is 18.9. The molecule has 2 aromatic heterocycles. The topological polar surface area (TPSA) is 126 Å². The number of amides is 1. The quantitative estimate of drug-likeness (QED) is 0.490. The lowest BCUT2D eigenvalue weighted by atomic mass is 9.80. The van der Waals surface area contributed by atoms with Gasteiger partial charge in [-0.1, -0.05) is 44.5 Å². The van der Waals surface area contributed by atoms with E-state index in [4.69, 9.17) is 11.6 Å². The predicted octanol–water partition coefficient (Wildman–Crippen LogP) is 3.58. The third-order valence-electron chi connectivity index (χ3n) is 6.54. The molecule has 1 aliphatic heterocycles. The zero-order chi connectivity index (χ0) is 27.4. The van der Waals surface area contributed by atoms with Gasteiger partial charge in [-0.2, -0.15) is 4.98 Å². The Morgan fingerprint density at radius 2 is 1.84 bits per heavy atom. The summed E-state index contributed by atoms with van der Waals surface area (Å²) in [5, 5.41) is 9.44. The fraction of sp³-hybridized carbons (Fsp3) is 0.417. The van der Waals surface area contributed by atoms with Crippen molar-refractivity contribution in [2.24, 2.45) is 5.41 Å². The first-order valence-electron chi connectivity index (χ1n) is 11.5. The number of anilines is 1. The highest BCUT2D eigenvalue weighted by Gasteiger charge is 2.44. The van der Waals surface area contributed by atoms with Crippen molar-refractivity contribution in [2.45, 2.75) is 44.7 Å². The molecule has 0 bridgehead atoms. The molecule has 1 aliphatic rings. The second-order valence-corrected chi connectivity index (χ2v) is 12.5. The Morgan fingerprint density at radius 3 is 2.43 bits per heavy atom. The van der Waals surface area contributed by atoms with Crippen LogP contribution in [0.25, 0.3) is 16.7 Å². The van der Waals surface area contributed by atoms with E-state index in [-0.39, 0.29) is 40.5 Å². The summed E-state index contributed by atoms with van der Waals surface area (Å²) in [5.41, 5.74) is -1.38. The Hall–Kier alpha value is -3.25. The van der Waals surface area contributed by atoms with Crippen LogP contribution in [-0.2, 0) is 9.84 Å². The minimum Gasteiger partial charge on any atom is -0.465 e. The van der Waals surface area contributed by atoms with Gasteiger partial charge in [0.2, 0.25) is 0 Å². The molecule has 0 spiro atoms. The van der Waals surface area contributed by atoms with Crippen LogP contribution in [0.4, 0.5) is 15.0 Å². The van der Waals surface area contributed by atoms with Crippen molar-refractivity contribution in [1.82, 2.24) is 19.4 Å². The van der Waals surface area contributed by atoms with E-state index < -0.39 is 50.1 Å². The maximum atomic E-state index is 14.7. The fourth-order valence-electron chi connectivity index (χ4n) is 5.17. The van der Waals surface area contributed by atoms with E-state index in [0.29, 0.717) is 0 Å². The second kappa shape index (κ2) is 9.25. The van der Waals surface area contributed by atoms with Gasteiger partial charge in [0, 0.05) is 25.4 Å². The number of rotatable bonds is 3.